The van der Waals surface area contributed by atoms with Crippen molar-refractivity contribution in [3.63, 3.8) is 0 Å². The van der Waals surface area contributed by atoms with Crippen LogP contribution in [0.3, 0.4) is 0 Å². The molecule has 1 aromatic heterocycles. The van der Waals surface area contributed by atoms with Crippen molar-refractivity contribution >= 4 is 5.91 Å². The zero-order valence-corrected chi connectivity index (χ0v) is 19.3. The number of nitrogens with zero attached hydrogens (tertiary/aromatic N) is 3. The summed E-state index contributed by atoms with van der Waals surface area (Å²) in [6, 6.07) is 14.8. The summed E-state index contributed by atoms with van der Waals surface area (Å²) in [5.41, 5.74) is 0.660. The maximum absolute atomic E-state index is 15.1. The van der Waals surface area contributed by atoms with E-state index in [9.17, 15) is 14.7 Å². The number of carbonyl (C=O) groups is 1. The van der Waals surface area contributed by atoms with E-state index in [0.717, 1.165) is 5.56 Å². The molecule has 0 saturated heterocycles. The van der Waals surface area contributed by atoms with Gasteiger partial charge in [-0.2, -0.15) is 0 Å². The molecule has 5 rings (SSSR count). The minimum atomic E-state index is -0.633. The molecule has 3 heterocycles. The van der Waals surface area contributed by atoms with Gasteiger partial charge in [0.1, 0.15) is 19.3 Å². The van der Waals surface area contributed by atoms with E-state index in [1.807, 2.05) is 54.4 Å². The summed E-state index contributed by atoms with van der Waals surface area (Å²) in [5, 5.41) is 12.6. The molecule has 1 N–H and O–H groups in total. The van der Waals surface area contributed by atoms with E-state index in [1.165, 1.54) is 23.0 Å². The normalized spacial score (nSPS) is 20.7. The summed E-state index contributed by atoms with van der Waals surface area (Å²) in [4.78, 5) is 27.6. The topological polar surface area (TPSA) is 75.0 Å². The van der Waals surface area contributed by atoms with Gasteiger partial charge < -0.3 is 14.7 Å². The quantitative estimate of drug-likeness (QED) is 0.568. The second kappa shape index (κ2) is 9.29. The van der Waals surface area contributed by atoms with Crippen LogP contribution in [-0.2, 0) is 0 Å². The lowest BCUT2D eigenvalue weighted by Crippen LogP contribution is -2.58. The fraction of sp³-hybridized carbons (Fsp3) is 0.259. The molecular formula is C27H26FN3O4. The molecule has 2 bridgehead atoms. The smallest absolute Gasteiger partial charge is 0.278 e. The van der Waals surface area contributed by atoms with Gasteiger partial charge in [0.25, 0.3) is 5.91 Å². The molecule has 0 aliphatic carbocycles. The third-order valence-corrected chi connectivity index (χ3v) is 6.61. The number of hydrogen-bond donors (Lipinski definition) is 1. The van der Waals surface area contributed by atoms with Gasteiger partial charge in [0, 0.05) is 23.9 Å². The van der Waals surface area contributed by atoms with Gasteiger partial charge in [0.15, 0.2) is 23.0 Å². The first kappa shape index (κ1) is 22.7. The molecule has 0 saturated carbocycles. The lowest BCUT2D eigenvalue weighted by Gasteiger charge is -2.46. The van der Waals surface area contributed by atoms with Crippen LogP contribution < -0.4 is 15.2 Å². The van der Waals surface area contributed by atoms with Gasteiger partial charge in [-0.25, -0.2) is 4.39 Å². The van der Waals surface area contributed by atoms with Crippen molar-refractivity contribution < 1.29 is 19.0 Å². The third-order valence-electron chi connectivity index (χ3n) is 6.61. The first-order valence-electron chi connectivity index (χ1n) is 11.6. The van der Waals surface area contributed by atoms with E-state index >= 15 is 4.39 Å². The van der Waals surface area contributed by atoms with E-state index in [0.29, 0.717) is 18.4 Å². The molecule has 0 unspecified atom stereocenters. The Bertz CT molecular complexity index is 1340. The molecule has 2 aliphatic rings. The largest absolute Gasteiger partial charge is 0.502 e. The van der Waals surface area contributed by atoms with E-state index in [1.54, 1.807) is 17.0 Å². The van der Waals surface area contributed by atoms with Gasteiger partial charge in [-0.1, -0.05) is 61.5 Å². The Hall–Kier alpha value is -4.07. The molecule has 0 fully saturated rings. The Labute approximate surface area is 202 Å². The number of hydrogen-bond acceptors (Lipinski definition) is 5. The highest BCUT2D eigenvalue weighted by molar-refractivity contribution is 5.96. The maximum atomic E-state index is 15.1. The van der Waals surface area contributed by atoms with Crippen molar-refractivity contribution in [3.8, 4) is 11.5 Å². The van der Waals surface area contributed by atoms with Gasteiger partial charge in [-0.3, -0.25) is 19.3 Å². The molecule has 2 aliphatic heterocycles. The first-order valence-corrected chi connectivity index (χ1v) is 11.6. The average molecular weight is 476 g/mol. The van der Waals surface area contributed by atoms with Crippen LogP contribution in [0.2, 0.25) is 0 Å². The van der Waals surface area contributed by atoms with Gasteiger partial charge in [-0.15, -0.1) is 0 Å². The summed E-state index contributed by atoms with van der Waals surface area (Å²) in [6.07, 6.45) is 6.44. The number of carbonyl (C=O) groups excluding carboxylic acids is 1. The Morgan fingerprint density at radius 1 is 1.06 bits per heavy atom. The van der Waals surface area contributed by atoms with Crippen molar-refractivity contribution in [1.29, 1.82) is 0 Å². The van der Waals surface area contributed by atoms with Crippen molar-refractivity contribution in [2.24, 2.45) is 0 Å². The highest BCUT2D eigenvalue weighted by Crippen LogP contribution is 2.38. The second-order valence-corrected chi connectivity index (χ2v) is 8.63. The first-order chi connectivity index (χ1) is 17.0. The number of fused-ring (bicyclic) bond motifs is 5. The number of halogens is 1. The molecular weight excluding hydrogens is 449 g/mol. The van der Waals surface area contributed by atoms with E-state index in [-0.39, 0.29) is 30.8 Å². The lowest BCUT2D eigenvalue weighted by molar-refractivity contribution is 0.0584. The summed E-state index contributed by atoms with van der Waals surface area (Å²) < 4.78 is 22.5. The fourth-order valence-electron chi connectivity index (χ4n) is 4.85. The number of ether oxygens (including phenoxy) is 1. The number of para-hydroxylation sites is 1. The number of rotatable bonds is 2. The average Bonchev–Trinajstić information content (AvgIpc) is 2.86. The van der Waals surface area contributed by atoms with Crippen LogP contribution >= 0.6 is 0 Å². The lowest BCUT2D eigenvalue weighted by atomic mass is 9.96. The summed E-state index contributed by atoms with van der Waals surface area (Å²) in [7, 11) is 0. The molecule has 180 valence electrons. The van der Waals surface area contributed by atoms with E-state index in [2.05, 4.69) is 0 Å². The Morgan fingerprint density at radius 3 is 2.63 bits per heavy atom. The zero-order chi connectivity index (χ0) is 24.5. The molecule has 3 aromatic rings. The van der Waals surface area contributed by atoms with Gasteiger partial charge in [0.2, 0.25) is 5.43 Å². The zero-order valence-electron chi connectivity index (χ0n) is 19.3. The molecule has 8 heteroatoms. The fourth-order valence-corrected chi connectivity index (χ4v) is 4.85. The van der Waals surface area contributed by atoms with Crippen LogP contribution in [0.15, 0.2) is 77.7 Å². The Balaban J connectivity index is 1.82. The number of amides is 1. The van der Waals surface area contributed by atoms with Crippen LogP contribution in [0.1, 0.15) is 47.4 Å². The van der Waals surface area contributed by atoms with Gasteiger partial charge in [-0.05, 0) is 24.5 Å². The van der Waals surface area contributed by atoms with Crippen LogP contribution in [0.25, 0.3) is 0 Å². The summed E-state index contributed by atoms with van der Waals surface area (Å²) >= 11 is 0. The predicted octanol–water partition coefficient (Wildman–Crippen LogP) is 3.95. The molecule has 0 spiro atoms. The van der Waals surface area contributed by atoms with Crippen LogP contribution in [0.5, 0.6) is 11.5 Å². The molecule has 1 amide bonds. The van der Waals surface area contributed by atoms with E-state index in [4.69, 9.17) is 4.74 Å². The molecule has 2 atom stereocenters. The summed E-state index contributed by atoms with van der Waals surface area (Å²) in [6.45, 7) is 2.34. The van der Waals surface area contributed by atoms with E-state index < -0.39 is 28.9 Å². The van der Waals surface area contributed by atoms with Crippen LogP contribution in [0, 0.1) is 5.82 Å². The molecule has 0 radical (unpaired) electrons. The third kappa shape index (κ3) is 3.95. The molecule has 35 heavy (non-hydrogen) atoms. The standard InChI is InChI=1S/C27H26FN3O4/c1-2-19-11-6-7-16-35-26-20(12-8-13-21(26)28)23(18-9-4-3-5-10-18)31-17-29(19)27(34)24-25(33)22(32)14-15-30(24)31/h3-10,12-15,19,23,33H,2,11,16-17H2,1H3/b7-6-/t19-,23-/m0/s1. The van der Waals surface area contributed by atoms with Crippen molar-refractivity contribution in [2.45, 2.75) is 31.8 Å². The summed E-state index contributed by atoms with van der Waals surface area (Å²) in [5.74, 6) is -1.40. The number of aromatic nitrogens is 1. The predicted molar refractivity (Wildman–Crippen MR) is 130 cm³/mol. The second-order valence-electron chi connectivity index (χ2n) is 8.63. The Kier molecular flexibility index (Phi) is 6.03. The SMILES string of the molecule is CC[C@H]1C/C=C\COc2c(F)cccc2[C@H](c2ccccc2)N2CN1C(=O)c1c(O)c(=O)ccn12. The number of benzene rings is 2. The van der Waals surface area contributed by atoms with Crippen LogP contribution in [-0.4, -0.2) is 39.9 Å². The monoisotopic (exact) mass is 475 g/mol. The number of aromatic hydroxyl groups is 1. The van der Waals surface area contributed by atoms with Crippen molar-refractivity contribution in [2.75, 3.05) is 18.3 Å². The highest BCUT2D eigenvalue weighted by Gasteiger charge is 2.39. The maximum Gasteiger partial charge on any atom is 0.278 e. The Morgan fingerprint density at radius 2 is 1.86 bits per heavy atom. The van der Waals surface area contributed by atoms with Crippen molar-refractivity contribution in [1.82, 2.24) is 9.58 Å². The molecule has 7 nitrogen and oxygen atoms in total. The minimum Gasteiger partial charge on any atom is -0.502 e. The van der Waals surface area contributed by atoms with Crippen LogP contribution in [0.4, 0.5) is 4.39 Å². The van der Waals surface area contributed by atoms with Gasteiger partial charge in [0.05, 0.1) is 0 Å². The minimum absolute atomic E-state index is 0.108. The molecule has 2 aromatic carbocycles. The van der Waals surface area contributed by atoms with Gasteiger partial charge >= 0.3 is 0 Å². The highest BCUT2D eigenvalue weighted by atomic mass is 19.1. The van der Waals surface area contributed by atoms with Crippen molar-refractivity contribution in [3.05, 3.63) is 106 Å². The number of pyridine rings is 1.